The molecule has 422 valence electrons. The number of rotatable bonds is 47. The number of thiophene rings is 3. The highest BCUT2D eigenvalue weighted by molar-refractivity contribution is 7.22. The second-order valence-corrected chi connectivity index (χ2v) is 27.1. The fraction of sp³-hybridized carbons (Fsp3) is 0.735. The summed E-state index contributed by atoms with van der Waals surface area (Å²) in [5, 5.41) is 0. The summed E-state index contributed by atoms with van der Waals surface area (Å²) in [6, 6.07) is 13.3. The van der Waals surface area contributed by atoms with E-state index in [0.717, 1.165) is 46.8 Å². The average molecular weight is 1080 g/mol. The quantitative estimate of drug-likeness (QED) is 0.0529. The van der Waals surface area contributed by atoms with Crippen molar-refractivity contribution >= 4 is 57.2 Å². The molecule has 3 aromatic rings. The molecule has 3 aromatic heterocycles. The molecule has 75 heavy (non-hydrogen) atoms. The van der Waals surface area contributed by atoms with Crippen molar-refractivity contribution in [3.05, 3.63) is 67.1 Å². The highest BCUT2D eigenvalue weighted by Crippen LogP contribution is 2.50. The first-order valence-electron chi connectivity index (χ1n) is 32.2. The van der Waals surface area contributed by atoms with Gasteiger partial charge in [0.25, 0.3) is 11.8 Å². The van der Waals surface area contributed by atoms with Gasteiger partial charge in [0.15, 0.2) is 0 Å². The topological polar surface area (TPSA) is 40.6 Å². The number of carbonyl (C=O) groups is 2. The van der Waals surface area contributed by atoms with Crippen LogP contribution in [0.2, 0.25) is 0 Å². The van der Waals surface area contributed by atoms with E-state index in [9.17, 15) is 0 Å². The van der Waals surface area contributed by atoms with E-state index in [4.69, 9.17) is 0 Å². The number of amides is 2. The Labute approximate surface area is 473 Å². The van der Waals surface area contributed by atoms with Crippen LogP contribution in [-0.2, 0) is 9.59 Å². The minimum absolute atomic E-state index is 0.0668. The second kappa shape index (κ2) is 38.2. The van der Waals surface area contributed by atoms with E-state index < -0.39 is 0 Å². The molecule has 0 aromatic carbocycles. The largest absolute Gasteiger partial charge is 0.306 e. The lowest BCUT2D eigenvalue weighted by molar-refractivity contribution is -0.124. The van der Waals surface area contributed by atoms with Crippen LogP contribution < -0.4 is 0 Å². The zero-order chi connectivity index (χ0) is 53.3. The number of hydrogen-bond donors (Lipinski definition) is 0. The average Bonchev–Trinajstić information content (AvgIpc) is 4.31. The molecule has 7 heteroatoms. The minimum Gasteiger partial charge on any atom is -0.306 e. The monoisotopic (exact) mass is 1080 g/mol. The van der Waals surface area contributed by atoms with Crippen LogP contribution in [0, 0.1) is 25.7 Å². The molecule has 5 heterocycles. The highest BCUT2D eigenvalue weighted by atomic mass is 32.1. The zero-order valence-electron chi connectivity index (χ0n) is 49.3. The van der Waals surface area contributed by atoms with E-state index in [1.54, 1.807) is 22.7 Å². The summed E-state index contributed by atoms with van der Waals surface area (Å²) in [6.07, 6.45) is 52.4. The van der Waals surface area contributed by atoms with Gasteiger partial charge in [-0.15, -0.1) is 34.0 Å². The van der Waals surface area contributed by atoms with Gasteiger partial charge in [0.05, 0.1) is 32.3 Å². The van der Waals surface area contributed by atoms with Gasteiger partial charge in [0.1, 0.15) is 0 Å². The van der Waals surface area contributed by atoms with Crippen molar-refractivity contribution in [2.75, 3.05) is 13.1 Å². The fourth-order valence-electron chi connectivity index (χ4n) is 12.1. The summed E-state index contributed by atoms with van der Waals surface area (Å²) in [4.78, 5) is 43.0. The maximum atomic E-state index is 15.8. The van der Waals surface area contributed by atoms with E-state index in [0.29, 0.717) is 36.1 Å². The van der Waals surface area contributed by atoms with Crippen molar-refractivity contribution in [2.24, 2.45) is 11.8 Å². The van der Waals surface area contributed by atoms with Gasteiger partial charge in [-0.05, 0) is 87.8 Å². The van der Waals surface area contributed by atoms with Gasteiger partial charge >= 0.3 is 0 Å². The Kier molecular flexibility index (Phi) is 32.2. The number of aryl methyl sites for hydroxylation is 2. The molecule has 0 fully saturated rings. The van der Waals surface area contributed by atoms with Crippen molar-refractivity contribution in [3.63, 3.8) is 0 Å². The van der Waals surface area contributed by atoms with Crippen LogP contribution in [0.3, 0.4) is 0 Å². The predicted octanol–water partition coefficient (Wildman–Crippen LogP) is 22.9. The van der Waals surface area contributed by atoms with E-state index in [1.807, 2.05) is 11.3 Å². The number of hydrogen-bond acceptors (Lipinski definition) is 5. The third kappa shape index (κ3) is 22.3. The summed E-state index contributed by atoms with van der Waals surface area (Å²) in [5.41, 5.74) is 3.18. The molecular weight excluding hydrogens is 973 g/mol. The molecule has 4 nitrogen and oxygen atoms in total. The third-order valence-electron chi connectivity index (χ3n) is 16.7. The molecule has 0 saturated carbocycles. The fourth-order valence-corrected chi connectivity index (χ4v) is 15.1. The lowest BCUT2D eigenvalue weighted by atomic mass is 9.93. The smallest absolute Gasteiger partial charge is 0.261 e. The molecule has 5 rings (SSSR count). The molecule has 2 amide bonds. The molecule has 0 bridgehead atoms. The predicted molar refractivity (Wildman–Crippen MR) is 333 cm³/mol. The molecule has 0 spiro atoms. The Morgan fingerprint density at radius 3 is 0.853 bits per heavy atom. The van der Waals surface area contributed by atoms with Gasteiger partial charge in [0, 0.05) is 32.6 Å². The Balaban J connectivity index is 1.42. The summed E-state index contributed by atoms with van der Waals surface area (Å²) in [5.74, 6) is 0.962. The van der Waals surface area contributed by atoms with Crippen LogP contribution >= 0.6 is 34.0 Å². The zero-order valence-corrected chi connectivity index (χ0v) is 51.7. The molecule has 0 N–H and O–H groups in total. The normalized spacial score (nSPS) is 14.7. The highest BCUT2D eigenvalue weighted by Gasteiger charge is 2.50. The van der Waals surface area contributed by atoms with Crippen molar-refractivity contribution < 1.29 is 9.59 Å². The van der Waals surface area contributed by atoms with Crippen LogP contribution in [0.4, 0.5) is 0 Å². The maximum absolute atomic E-state index is 15.8. The first-order chi connectivity index (χ1) is 36.8. The summed E-state index contributed by atoms with van der Waals surface area (Å²) in [6.45, 7) is 15.0. The molecule has 2 aliphatic rings. The third-order valence-corrected chi connectivity index (χ3v) is 20.0. The van der Waals surface area contributed by atoms with Gasteiger partial charge in [-0.25, -0.2) is 0 Å². The summed E-state index contributed by atoms with van der Waals surface area (Å²) < 4.78 is 0. The van der Waals surface area contributed by atoms with E-state index in [1.165, 1.54) is 251 Å². The van der Waals surface area contributed by atoms with Crippen LogP contribution in [0.15, 0.2) is 47.5 Å². The van der Waals surface area contributed by atoms with Gasteiger partial charge in [0.2, 0.25) is 0 Å². The van der Waals surface area contributed by atoms with Crippen molar-refractivity contribution in [3.8, 4) is 9.75 Å². The Bertz CT molecular complexity index is 2070. The van der Waals surface area contributed by atoms with Gasteiger partial charge in [-0.3, -0.25) is 9.59 Å². The van der Waals surface area contributed by atoms with Crippen molar-refractivity contribution in [2.45, 2.75) is 298 Å². The molecule has 0 saturated heterocycles. The number of fused-ring (bicyclic) bond motifs is 1. The Hall–Kier alpha value is -2.48. The Morgan fingerprint density at radius 1 is 0.320 bits per heavy atom. The standard InChI is InChI=1S/C68H110N2O2S3/c1-7-11-15-19-23-27-29-33-37-41-44-57(43-39-35-31-25-21-17-13-9-3)53-69-65(61-50-48-56(6)74-61)63-64(68(69)72)66(62-52-51-60(75-62)59-49-47-55(5)73-59)70(67(63)71)54-58(45-40-36-32-26-22-18-14-10-4)46-42-38-34-30-28-24-20-16-12-8-2/h47-52,57-58H,7-46,53-54H2,1-6H3. The molecule has 2 unspecified atom stereocenters. The van der Waals surface area contributed by atoms with E-state index >= 15 is 9.59 Å². The minimum atomic E-state index is 0.0668. The van der Waals surface area contributed by atoms with Gasteiger partial charge in [-0.1, -0.05) is 259 Å². The molecule has 0 aliphatic carbocycles. The first kappa shape index (κ1) is 63.4. The summed E-state index contributed by atoms with van der Waals surface area (Å²) >= 11 is 5.37. The molecular formula is C68H110N2O2S3. The van der Waals surface area contributed by atoms with Crippen molar-refractivity contribution in [1.82, 2.24) is 9.80 Å². The van der Waals surface area contributed by atoms with E-state index in [-0.39, 0.29) is 11.8 Å². The van der Waals surface area contributed by atoms with Crippen LogP contribution in [0.25, 0.3) is 21.1 Å². The molecule has 0 radical (unpaired) electrons. The number of unbranched alkanes of at least 4 members (excludes halogenated alkanes) is 32. The first-order valence-corrected chi connectivity index (χ1v) is 34.6. The SMILES string of the molecule is CCCCCCCCCCCCC(CCCCCCCCCC)CN1C(=O)C2=C(c3ccc(-c4ccc(C)s4)s3)N(CC(CCCCCCCCCC)CCCCCCCCCCCC)C(=O)C2=C1c1ccc(C)s1. The van der Waals surface area contributed by atoms with Gasteiger partial charge < -0.3 is 9.80 Å². The lowest BCUT2D eigenvalue weighted by Gasteiger charge is -2.29. The molecule has 2 atom stereocenters. The summed E-state index contributed by atoms with van der Waals surface area (Å²) in [7, 11) is 0. The van der Waals surface area contributed by atoms with Crippen LogP contribution in [0.1, 0.15) is 304 Å². The van der Waals surface area contributed by atoms with Crippen molar-refractivity contribution in [1.29, 1.82) is 0 Å². The second-order valence-electron chi connectivity index (χ2n) is 23.5. The van der Waals surface area contributed by atoms with Gasteiger partial charge in [-0.2, -0.15) is 0 Å². The number of carbonyl (C=O) groups excluding carboxylic acids is 2. The van der Waals surface area contributed by atoms with E-state index in [2.05, 4.69) is 87.7 Å². The molecule has 2 aliphatic heterocycles. The lowest BCUT2D eigenvalue weighted by Crippen LogP contribution is -2.34. The van der Waals surface area contributed by atoms with Crippen LogP contribution in [0.5, 0.6) is 0 Å². The Morgan fingerprint density at radius 2 is 0.560 bits per heavy atom. The maximum Gasteiger partial charge on any atom is 0.261 e. The number of nitrogens with zero attached hydrogens (tertiary/aromatic N) is 2. The van der Waals surface area contributed by atoms with Crippen LogP contribution in [-0.4, -0.2) is 34.7 Å².